The minimum Gasteiger partial charge on any atom is -0.299 e. The quantitative estimate of drug-likeness (QED) is 0.704. The molecule has 0 atom stereocenters. The third-order valence-corrected chi connectivity index (χ3v) is 3.48. The van der Waals surface area contributed by atoms with Gasteiger partial charge in [-0.05, 0) is 27.2 Å². The number of imide groups is 1. The molecule has 4 nitrogen and oxygen atoms in total. The van der Waals surface area contributed by atoms with E-state index in [4.69, 9.17) is 0 Å². The number of carbonyl (C=O) groups excluding carboxylic acids is 3. The average molecular weight is 239 g/mol. The molecule has 4 heteroatoms. The number of likely N-dealkylation sites (tertiary alicyclic amines) is 1. The molecule has 0 aliphatic carbocycles. The van der Waals surface area contributed by atoms with Crippen molar-refractivity contribution in [2.45, 2.75) is 59.4 Å². The van der Waals surface area contributed by atoms with Gasteiger partial charge in [0, 0.05) is 23.8 Å². The van der Waals surface area contributed by atoms with Crippen molar-refractivity contribution in [2.24, 2.45) is 5.41 Å². The molecule has 96 valence electrons. The van der Waals surface area contributed by atoms with Crippen LogP contribution in [-0.4, -0.2) is 28.0 Å². The van der Waals surface area contributed by atoms with E-state index < -0.39 is 11.0 Å². The summed E-state index contributed by atoms with van der Waals surface area (Å²) in [7, 11) is 0. The summed E-state index contributed by atoms with van der Waals surface area (Å²) in [5.41, 5.74) is -1.12. The van der Waals surface area contributed by atoms with Crippen molar-refractivity contribution in [1.82, 2.24) is 4.90 Å². The minimum absolute atomic E-state index is 0.0738. The van der Waals surface area contributed by atoms with Crippen LogP contribution in [0.15, 0.2) is 0 Å². The highest BCUT2D eigenvalue weighted by molar-refractivity contribution is 6.02. The van der Waals surface area contributed by atoms with Gasteiger partial charge in [0.15, 0.2) is 0 Å². The Kier molecular flexibility index (Phi) is 3.46. The lowest BCUT2D eigenvalue weighted by atomic mass is 9.77. The molecule has 2 amide bonds. The first kappa shape index (κ1) is 13.9. The number of rotatable bonds is 4. The summed E-state index contributed by atoms with van der Waals surface area (Å²) in [6.45, 7) is 8.94. The first-order valence-corrected chi connectivity index (χ1v) is 5.95. The van der Waals surface area contributed by atoms with Crippen molar-refractivity contribution < 1.29 is 14.4 Å². The van der Waals surface area contributed by atoms with E-state index in [1.54, 1.807) is 6.92 Å². The highest BCUT2D eigenvalue weighted by atomic mass is 16.2. The smallest absolute Gasteiger partial charge is 0.230 e. The summed E-state index contributed by atoms with van der Waals surface area (Å²) in [6, 6.07) is 0. The number of nitrogens with zero attached hydrogens (tertiary/aromatic N) is 1. The fourth-order valence-corrected chi connectivity index (χ4v) is 2.54. The Morgan fingerprint density at radius 1 is 1.12 bits per heavy atom. The van der Waals surface area contributed by atoms with E-state index in [0.29, 0.717) is 19.3 Å². The van der Waals surface area contributed by atoms with Crippen LogP contribution >= 0.6 is 0 Å². The van der Waals surface area contributed by atoms with Crippen molar-refractivity contribution in [1.29, 1.82) is 0 Å². The lowest BCUT2D eigenvalue weighted by Gasteiger charge is -2.39. The molecule has 1 saturated heterocycles. The number of Topliss-reactive ketones (excluding diaryl/α,β-unsaturated/α-hetero) is 1. The standard InChI is InChI=1S/C13H21NO3/c1-9(15)12(2,3)8-13(4,5)14-10(16)6-7-11(14)17/h6-8H2,1-5H3. The van der Waals surface area contributed by atoms with Crippen LogP contribution in [0.25, 0.3) is 0 Å². The zero-order valence-corrected chi connectivity index (χ0v) is 11.3. The van der Waals surface area contributed by atoms with Crippen LogP contribution in [0.4, 0.5) is 0 Å². The molecule has 0 saturated carbocycles. The molecule has 0 aromatic rings. The molecular weight excluding hydrogens is 218 g/mol. The lowest BCUT2D eigenvalue weighted by Crippen LogP contribution is -2.50. The van der Waals surface area contributed by atoms with Gasteiger partial charge in [0.05, 0.1) is 0 Å². The zero-order chi connectivity index (χ0) is 13.4. The Morgan fingerprint density at radius 2 is 1.53 bits per heavy atom. The van der Waals surface area contributed by atoms with Crippen molar-refractivity contribution in [3.63, 3.8) is 0 Å². The predicted octanol–water partition coefficient (Wildman–Crippen LogP) is 1.92. The predicted molar refractivity (Wildman–Crippen MR) is 64.2 cm³/mol. The Labute approximate surface area is 102 Å². The van der Waals surface area contributed by atoms with Crippen LogP contribution in [0, 0.1) is 5.41 Å². The second-order valence-electron chi connectivity index (χ2n) is 6.05. The first-order chi connectivity index (χ1) is 7.58. The number of amides is 2. The molecule has 0 N–H and O–H groups in total. The first-order valence-electron chi connectivity index (χ1n) is 5.95. The zero-order valence-electron chi connectivity index (χ0n) is 11.3. The molecule has 0 unspecified atom stereocenters. The fraction of sp³-hybridized carbons (Fsp3) is 0.769. The summed E-state index contributed by atoms with van der Waals surface area (Å²) in [6.07, 6.45) is 1.08. The summed E-state index contributed by atoms with van der Waals surface area (Å²) in [5, 5.41) is 0. The lowest BCUT2D eigenvalue weighted by molar-refractivity contribution is -0.147. The van der Waals surface area contributed by atoms with Crippen LogP contribution in [-0.2, 0) is 14.4 Å². The summed E-state index contributed by atoms with van der Waals surface area (Å²) >= 11 is 0. The Hall–Kier alpha value is -1.19. The van der Waals surface area contributed by atoms with Crippen LogP contribution < -0.4 is 0 Å². The van der Waals surface area contributed by atoms with Gasteiger partial charge in [0.1, 0.15) is 5.78 Å². The molecule has 1 rings (SSSR count). The Balaban J connectivity index is 2.92. The van der Waals surface area contributed by atoms with Gasteiger partial charge in [-0.15, -0.1) is 0 Å². The number of hydrogen-bond acceptors (Lipinski definition) is 3. The SMILES string of the molecule is CC(=O)C(C)(C)CC(C)(C)N1C(=O)CCC1=O. The maximum Gasteiger partial charge on any atom is 0.230 e. The molecule has 1 aliphatic heterocycles. The van der Waals surface area contributed by atoms with Crippen molar-refractivity contribution in [2.75, 3.05) is 0 Å². The van der Waals surface area contributed by atoms with E-state index in [2.05, 4.69) is 0 Å². The Morgan fingerprint density at radius 3 is 1.88 bits per heavy atom. The summed E-state index contributed by atoms with van der Waals surface area (Å²) in [5.74, 6) is -0.177. The van der Waals surface area contributed by atoms with Crippen LogP contribution in [0.2, 0.25) is 0 Å². The van der Waals surface area contributed by atoms with E-state index >= 15 is 0 Å². The third kappa shape index (κ3) is 2.73. The second-order valence-corrected chi connectivity index (χ2v) is 6.05. The van der Waals surface area contributed by atoms with Crippen molar-refractivity contribution in [3.05, 3.63) is 0 Å². The monoisotopic (exact) mass is 239 g/mol. The van der Waals surface area contributed by atoms with Crippen LogP contribution in [0.1, 0.15) is 53.9 Å². The molecule has 0 radical (unpaired) electrons. The van der Waals surface area contributed by atoms with Gasteiger partial charge in [-0.1, -0.05) is 13.8 Å². The van der Waals surface area contributed by atoms with E-state index in [0.717, 1.165) is 0 Å². The maximum absolute atomic E-state index is 11.7. The van der Waals surface area contributed by atoms with Crippen LogP contribution in [0.3, 0.4) is 0 Å². The number of carbonyl (C=O) groups is 3. The van der Waals surface area contributed by atoms with Gasteiger partial charge < -0.3 is 0 Å². The van der Waals surface area contributed by atoms with Crippen LogP contribution in [0.5, 0.6) is 0 Å². The molecule has 0 bridgehead atoms. The molecule has 0 aromatic heterocycles. The average Bonchev–Trinajstić information content (AvgIpc) is 2.44. The van der Waals surface area contributed by atoms with Crippen molar-refractivity contribution >= 4 is 17.6 Å². The fourth-order valence-electron chi connectivity index (χ4n) is 2.54. The molecule has 0 aromatic carbocycles. The number of ketones is 1. The Bertz CT molecular complexity index is 353. The topological polar surface area (TPSA) is 54.5 Å². The summed E-state index contributed by atoms with van der Waals surface area (Å²) in [4.78, 5) is 36.3. The van der Waals surface area contributed by atoms with E-state index in [1.807, 2.05) is 27.7 Å². The minimum atomic E-state index is -0.597. The van der Waals surface area contributed by atoms with Gasteiger partial charge in [0.2, 0.25) is 11.8 Å². The highest BCUT2D eigenvalue weighted by Crippen LogP contribution is 2.35. The van der Waals surface area contributed by atoms with Crippen molar-refractivity contribution in [3.8, 4) is 0 Å². The summed E-state index contributed by atoms with van der Waals surface area (Å²) < 4.78 is 0. The largest absolute Gasteiger partial charge is 0.299 e. The van der Waals surface area contributed by atoms with E-state index in [9.17, 15) is 14.4 Å². The van der Waals surface area contributed by atoms with E-state index in [1.165, 1.54) is 4.90 Å². The third-order valence-electron chi connectivity index (χ3n) is 3.48. The highest BCUT2D eigenvalue weighted by Gasteiger charge is 2.43. The van der Waals surface area contributed by atoms with Gasteiger partial charge >= 0.3 is 0 Å². The van der Waals surface area contributed by atoms with Gasteiger partial charge in [-0.3, -0.25) is 19.3 Å². The molecule has 1 heterocycles. The molecule has 1 aliphatic rings. The van der Waals surface area contributed by atoms with Gasteiger partial charge in [-0.2, -0.15) is 0 Å². The maximum atomic E-state index is 11.7. The van der Waals surface area contributed by atoms with Gasteiger partial charge in [-0.25, -0.2) is 0 Å². The normalized spacial score (nSPS) is 17.8. The van der Waals surface area contributed by atoms with Gasteiger partial charge in [0.25, 0.3) is 0 Å². The molecule has 17 heavy (non-hydrogen) atoms. The van der Waals surface area contributed by atoms with E-state index in [-0.39, 0.29) is 17.6 Å². The molecule has 0 spiro atoms. The number of hydrogen-bond donors (Lipinski definition) is 0. The molecular formula is C13H21NO3. The second kappa shape index (κ2) is 4.24. The molecule has 1 fully saturated rings.